The number of cyclic esters (lactones) is 1. The van der Waals surface area contributed by atoms with Crippen LogP contribution in [0.5, 0.6) is 0 Å². The first kappa shape index (κ1) is 18.0. The van der Waals surface area contributed by atoms with E-state index in [-0.39, 0.29) is 18.4 Å². The zero-order valence-corrected chi connectivity index (χ0v) is 15.3. The minimum atomic E-state index is -0.412. The van der Waals surface area contributed by atoms with Crippen molar-refractivity contribution in [3.8, 4) is 0 Å². The van der Waals surface area contributed by atoms with Gasteiger partial charge in [-0.15, -0.1) is 0 Å². The predicted octanol–water partition coefficient (Wildman–Crippen LogP) is 2.57. The zero-order valence-electron chi connectivity index (χ0n) is 15.3. The van der Waals surface area contributed by atoms with Crippen molar-refractivity contribution >= 4 is 29.3 Å². The molecule has 2 aliphatic heterocycles. The molecule has 2 aliphatic rings. The molecule has 2 saturated heterocycles. The molecule has 7 nitrogen and oxygen atoms in total. The fraction of sp³-hybridized carbons (Fsp3) is 0.286. The molecule has 1 N–H and O–H groups in total. The molecule has 0 bridgehead atoms. The van der Waals surface area contributed by atoms with Gasteiger partial charge in [-0.05, 0) is 42.8 Å². The van der Waals surface area contributed by atoms with Crippen LogP contribution in [-0.4, -0.2) is 43.6 Å². The van der Waals surface area contributed by atoms with E-state index in [9.17, 15) is 14.4 Å². The summed E-state index contributed by atoms with van der Waals surface area (Å²) in [6.07, 6.45) is 0.618. The molecule has 3 amide bonds. The van der Waals surface area contributed by atoms with Crippen molar-refractivity contribution in [3.63, 3.8) is 0 Å². The maximum absolute atomic E-state index is 12.4. The largest absolute Gasteiger partial charge is 0.442 e. The Bertz CT molecular complexity index is 882. The van der Waals surface area contributed by atoms with Gasteiger partial charge in [-0.3, -0.25) is 14.5 Å². The Labute approximate surface area is 162 Å². The summed E-state index contributed by atoms with van der Waals surface area (Å²) in [5, 5.41) is 2.81. The molecule has 0 saturated carbocycles. The number of rotatable bonds is 5. The fourth-order valence-electron chi connectivity index (χ4n) is 3.47. The topological polar surface area (TPSA) is 79.0 Å². The second kappa shape index (κ2) is 7.72. The van der Waals surface area contributed by atoms with Gasteiger partial charge in [0, 0.05) is 29.9 Å². The van der Waals surface area contributed by atoms with Gasteiger partial charge in [0.2, 0.25) is 5.91 Å². The Morgan fingerprint density at radius 1 is 1.00 bits per heavy atom. The van der Waals surface area contributed by atoms with E-state index in [4.69, 9.17) is 4.74 Å². The van der Waals surface area contributed by atoms with Crippen LogP contribution in [0.3, 0.4) is 0 Å². The Kier molecular flexibility index (Phi) is 4.97. The van der Waals surface area contributed by atoms with Crippen molar-refractivity contribution in [2.24, 2.45) is 0 Å². The molecule has 2 heterocycles. The van der Waals surface area contributed by atoms with Crippen molar-refractivity contribution in [3.05, 3.63) is 60.2 Å². The third-order valence-electron chi connectivity index (χ3n) is 4.95. The van der Waals surface area contributed by atoms with Gasteiger partial charge in [0.05, 0.1) is 13.1 Å². The minimum absolute atomic E-state index is 0.114. The van der Waals surface area contributed by atoms with Gasteiger partial charge in [-0.1, -0.05) is 18.2 Å². The number of carbonyl (C=O) groups excluding carboxylic acids is 3. The van der Waals surface area contributed by atoms with Crippen LogP contribution < -0.4 is 15.1 Å². The number of anilines is 2. The van der Waals surface area contributed by atoms with Crippen molar-refractivity contribution in [2.45, 2.75) is 18.9 Å². The molecule has 0 aromatic heterocycles. The first-order chi connectivity index (χ1) is 13.6. The summed E-state index contributed by atoms with van der Waals surface area (Å²) in [7, 11) is 0. The zero-order chi connectivity index (χ0) is 19.5. The lowest BCUT2D eigenvalue weighted by Gasteiger charge is -2.16. The third-order valence-corrected chi connectivity index (χ3v) is 4.95. The number of nitrogens with zero attached hydrogens (tertiary/aromatic N) is 2. The van der Waals surface area contributed by atoms with Gasteiger partial charge in [-0.2, -0.15) is 0 Å². The van der Waals surface area contributed by atoms with Crippen LogP contribution in [0.25, 0.3) is 0 Å². The molecule has 1 unspecified atom stereocenters. The Morgan fingerprint density at radius 3 is 2.39 bits per heavy atom. The van der Waals surface area contributed by atoms with Crippen molar-refractivity contribution in [2.75, 3.05) is 29.4 Å². The third kappa shape index (κ3) is 3.69. The van der Waals surface area contributed by atoms with Gasteiger partial charge in [0.25, 0.3) is 5.91 Å². The molecular formula is C21H21N3O4. The maximum Gasteiger partial charge on any atom is 0.414 e. The highest BCUT2D eigenvalue weighted by Gasteiger charge is 2.32. The molecule has 7 heteroatoms. The first-order valence-corrected chi connectivity index (χ1v) is 9.33. The minimum Gasteiger partial charge on any atom is -0.442 e. The Hall–Kier alpha value is -3.35. The number of ether oxygens (including phenoxy) is 1. The standard InChI is InChI=1S/C21H21N3O4/c25-19-7-4-12-23(19)17-10-8-15(9-11-17)20(26)22-13-18-14-24(21(27)28-18)16-5-2-1-3-6-16/h1-3,5-6,8-11,18H,4,7,12-14H2,(H,22,26). The van der Waals surface area contributed by atoms with E-state index >= 15 is 0 Å². The lowest BCUT2D eigenvalue weighted by molar-refractivity contribution is -0.117. The van der Waals surface area contributed by atoms with Crippen LogP contribution in [0.4, 0.5) is 16.2 Å². The summed E-state index contributed by atoms with van der Waals surface area (Å²) in [6.45, 7) is 1.34. The van der Waals surface area contributed by atoms with Crippen LogP contribution >= 0.6 is 0 Å². The van der Waals surface area contributed by atoms with Crippen LogP contribution in [-0.2, 0) is 9.53 Å². The molecule has 28 heavy (non-hydrogen) atoms. The van der Waals surface area contributed by atoms with Crippen LogP contribution in [0, 0.1) is 0 Å². The highest BCUT2D eigenvalue weighted by Crippen LogP contribution is 2.22. The maximum atomic E-state index is 12.4. The fourth-order valence-corrected chi connectivity index (χ4v) is 3.47. The van der Waals surface area contributed by atoms with Crippen molar-refractivity contribution < 1.29 is 19.1 Å². The monoisotopic (exact) mass is 379 g/mol. The first-order valence-electron chi connectivity index (χ1n) is 9.33. The van der Waals surface area contributed by atoms with Crippen molar-refractivity contribution in [1.29, 1.82) is 0 Å². The second-order valence-corrected chi connectivity index (χ2v) is 6.86. The van der Waals surface area contributed by atoms with E-state index < -0.39 is 12.2 Å². The molecular weight excluding hydrogens is 358 g/mol. The number of para-hydroxylation sites is 1. The van der Waals surface area contributed by atoms with Gasteiger partial charge in [-0.25, -0.2) is 4.79 Å². The molecule has 0 radical (unpaired) electrons. The summed E-state index contributed by atoms with van der Waals surface area (Å²) in [5.74, 6) is -0.128. The van der Waals surface area contributed by atoms with Gasteiger partial charge in [0.15, 0.2) is 0 Å². The molecule has 144 valence electrons. The summed E-state index contributed by atoms with van der Waals surface area (Å²) >= 11 is 0. The molecule has 4 rings (SSSR count). The van der Waals surface area contributed by atoms with E-state index in [1.54, 1.807) is 34.1 Å². The molecule has 1 atom stereocenters. The molecule has 2 aromatic carbocycles. The number of hydrogen-bond acceptors (Lipinski definition) is 4. The van der Waals surface area contributed by atoms with Crippen LogP contribution in [0.1, 0.15) is 23.2 Å². The lowest BCUT2D eigenvalue weighted by Crippen LogP contribution is -2.34. The summed E-state index contributed by atoms with van der Waals surface area (Å²) in [6, 6.07) is 16.3. The van der Waals surface area contributed by atoms with E-state index in [2.05, 4.69) is 5.32 Å². The average Bonchev–Trinajstić information content (AvgIpc) is 3.32. The number of hydrogen-bond donors (Lipinski definition) is 1. The van der Waals surface area contributed by atoms with Gasteiger partial charge >= 0.3 is 6.09 Å². The highest BCUT2D eigenvalue weighted by molar-refractivity contribution is 5.97. The van der Waals surface area contributed by atoms with Crippen molar-refractivity contribution in [1.82, 2.24) is 5.32 Å². The summed E-state index contributed by atoms with van der Waals surface area (Å²) in [4.78, 5) is 39.5. The molecule has 0 spiro atoms. The molecule has 2 aromatic rings. The average molecular weight is 379 g/mol. The smallest absolute Gasteiger partial charge is 0.414 e. The highest BCUT2D eigenvalue weighted by atomic mass is 16.6. The number of carbonyl (C=O) groups is 3. The van der Waals surface area contributed by atoms with Gasteiger partial charge < -0.3 is 15.0 Å². The van der Waals surface area contributed by atoms with E-state index in [1.165, 1.54) is 0 Å². The second-order valence-electron chi connectivity index (χ2n) is 6.86. The molecule has 2 fully saturated rings. The SMILES string of the molecule is O=C(NCC1CN(c2ccccc2)C(=O)O1)c1ccc(N2CCCC2=O)cc1. The van der Waals surface area contributed by atoms with Crippen LogP contribution in [0.2, 0.25) is 0 Å². The van der Waals surface area contributed by atoms with Gasteiger partial charge in [0.1, 0.15) is 6.10 Å². The van der Waals surface area contributed by atoms with E-state index in [1.807, 2.05) is 30.3 Å². The molecule has 0 aliphatic carbocycles. The normalized spacial score (nSPS) is 19.1. The Morgan fingerprint density at radius 2 is 1.71 bits per heavy atom. The number of amides is 3. The van der Waals surface area contributed by atoms with E-state index in [0.717, 1.165) is 24.3 Å². The predicted molar refractivity (Wildman–Crippen MR) is 104 cm³/mol. The number of benzene rings is 2. The quantitative estimate of drug-likeness (QED) is 0.866. The summed E-state index contributed by atoms with van der Waals surface area (Å²) in [5.41, 5.74) is 2.08. The number of nitrogens with one attached hydrogen (secondary N) is 1. The van der Waals surface area contributed by atoms with Crippen LogP contribution in [0.15, 0.2) is 54.6 Å². The summed E-state index contributed by atoms with van der Waals surface area (Å²) < 4.78 is 5.34. The van der Waals surface area contributed by atoms with E-state index in [0.29, 0.717) is 18.5 Å². The lowest BCUT2D eigenvalue weighted by atomic mass is 10.2. The Balaban J connectivity index is 1.32.